The number of sulfonamides is 1. The Morgan fingerprint density at radius 2 is 1.79 bits per heavy atom. The largest absolute Gasteiger partial charge is 0.497 e. The molecule has 2 aromatic rings. The van der Waals surface area contributed by atoms with Crippen LogP contribution in [0.3, 0.4) is 0 Å². The molecule has 0 unspecified atom stereocenters. The lowest BCUT2D eigenvalue weighted by Crippen LogP contribution is -2.28. The van der Waals surface area contributed by atoms with Gasteiger partial charge in [-0.25, -0.2) is 8.42 Å². The predicted molar refractivity (Wildman–Crippen MR) is 90.3 cm³/mol. The van der Waals surface area contributed by atoms with Crippen molar-refractivity contribution in [3.63, 3.8) is 0 Å². The van der Waals surface area contributed by atoms with Crippen molar-refractivity contribution in [2.45, 2.75) is 17.2 Å². The Bertz CT molecular complexity index is 853. The highest BCUT2D eigenvalue weighted by molar-refractivity contribution is 7.89. The van der Waals surface area contributed by atoms with Crippen molar-refractivity contribution in [1.29, 1.82) is 5.26 Å². The first kappa shape index (κ1) is 16.5. The maximum absolute atomic E-state index is 12.7. The van der Waals surface area contributed by atoms with Gasteiger partial charge in [-0.1, -0.05) is 12.1 Å². The average molecular weight is 342 g/mol. The molecule has 1 atom stereocenters. The van der Waals surface area contributed by atoms with Gasteiger partial charge in [0.05, 0.1) is 23.6 Å². The van der Waals surface area contributed by atoms with E-state index in [2.05, 4.69) is 0 Å². The molecule has 0 aromatic heterocycles. The molecular weight excluding hydrogens is 324 g/mol. The van der Waals surface area contributed by atoms with E-state index in [1.54, 1.807) is 7.11 Å². The van der Waals surface area contributed by atoms with Gasteiger partial charge in [0.15, 0.2) is 0 Å². The molecule has 0 radical (unpaired) electrons. The first-order chi connectivity index (χ1) is 11.5. The van der Waals surface area contributed by atoms with Crippen LogP contribution < -0.4 is 4.74 Å². The number of benzene rings is 2. The number of hydrogen-bond donors (Lipinski definition) is 0. The Morgan fingerprint density at radius 1 is 1.12 bits per heavy atom. The van der Waals surface area contributed by atoms with Crippen LogP contribution in [0.25, 0.3) is 0 Å². The van der Waals surface area contributed by atoms with Gasteiger partial charge in [-0.3, -0.25) is 0 Å². The maximum atomic E-state index is 12.7. The lowest BCUT2D eigenvalue weighted by molar-refractivity contribution is 0.414. The van der Waals surface area contributed by atoms with Crippen LogP contribution in [0.2, 0.25) is 0 Å². The van der Waals surface area contributed by atoms with Gasteiger partial charge in [0.2, 0.25) is 10.0 Å². The second kappa shape index (κ2) is 6.63. The summed E-state index contributed by atoms with van der Waals surface area (Å²) >= 11 is 0. The van der Waals surface area contributed by atoms with Gasteiger partial charge < -0.3 is 4.74 Å². The zero-order valence-corrected chi connectivity index (χ0v) is 14.2. The van der Waals surface area contributed by atoms with Gasteiger partial charge in [0.25, 0.3) is 0 Å². The lowest BCUT2D eigenvalue weighted by Gasteiger charge is -2.17. The van der Waals surface area contributed by atoms with Crippen LogP contribution in [0, 0.1) is 11.3 Å². The molecule has 0 aliphatic carbocycles. The van der Waals surface area contributed by atoms with E-state index in [1.807, 2.05) is 30.3 Å². The van der Waals surface area contributed by atoms with Crippen LogP contribution in [0.1, 0.15) is 23.5 Å². The minimum absolute atomic E-state index is 0.184. The third kappa shape index (κ3) is 3.14. The van der Waals surface area contributed by atoms with E-state index in [1.165, 1.54) is 28.6 Å². The van der Waals surface area contributed by atoms with Gasteiger partial charge in [0.1, 0.15) is 5.75 Å². The standard InChI is InChI=1S/C18H18N2O3S/c1-23-17-6-4-15(5-7-17)16-10-11-20(13-16)24(21,22)18-8-2-14(12-19)3-9-18/h2-9,16H,10-11,13H2,1H3/t16-/m1/s1. The second-order valence-electron chi connectivity index (χ2n) is 5.76. The van der Waals surface area contributed by atoms with Crippen molar-refractivity contribution >= 4 is 10.0 Å². The maximum Gasteiger partial charge on any atom is 0.243 e. The number of methoxy groups -OCH3 is 1. The summed E-state index contributed by atoms with van der Waals surface area (Å²) in [4.78, 5) is 0.233. The summed E-state index contributed by atoms with van der Waals surface area (Å²) in [6, 6.07) is 15.8. The van der Waals surface area contributed by atoms with E-state index < -0.39 is 10.0 Å². The molecule has 0 saturated carbocycles. The van der Waals surface area contributed by atoms with Gasteiger partial charge in [0, 0.05) is 13.1 Å². The fourth-order valence-electron chi connectivity index (χ4n) is 2.95. The molecule has 6 heteroatoms. The first-order valence-corrected chi connectivity index (χ1v) is 9.13. The highest BCUT2D eigenvalue weighted by Crippen LogP contribution is 2.31. The third-order valence-electron chi connectivity index (χ3n) is 4.36. The molecule has 124 valence electrons. The van der Waals surface area contributed by atoms with Crippen LogP contribution in [0.4, 0.5) is 0 Å². The highest BCUT2D eigenvalue weighted by atomic mass is 32.2. The number of hydrogen-bond acceptors (Lipinski definition) is 4. The molecule has 24 heavy (non-hydrogen) atoms. The highest BCUT2D eigenvalue weighted by Gasteiger charge is 2.33. The van der Waals surface area contributed by atoms with E-state index in [4.69, 9.17) is 10.00 Å². The number of rotatable bonds is 4. The Labute approximate surface area is 142 Å². The first-order valence-electron chi connectivity index (χ1n) is 7.69. The molecule has 1 aliphatic heterocycles. The monoisotopic (exact) mass is 342 g/mol. The van der Waals surface area contributed by atoms with Crippen molar-refractivity contribution < 1.29 is 13.2 Å². The van der Waals surface area contributed by atoms with Crippen molar-refractivity contribution in [3.8, 4) is 11.8 Å². The van der Waals surface area contributed by atoms with Crippen molar-refractivity contribution in [2.24, 2.45) is 0 Å². The van der Waals surface area contributed by atoms with E-state index in [0.717, 1.165) is 17.7 Å². The summed E-state index contributed by atoms with van der Waals surface area (Å²) in [6.07, 6.45) is 0.793. The molecule has 1 heterocycles. The van der Waals surface area contributed by atoms with E-state index >= 15 is 0 Å². The Balaban J connectivity index is 1.77. The Hall–Kier alpha value is -2.36. The minimum Gasteiger partial charge on any atom is -0.497 e. The topological polar surface area (TPSA) is 70.4 Å². The van der Waals surface area contributed by atoms with Gasteiger partial charge >= 0.3 is 0 Å². The van der Waals surface area contributed by atoms with Crippen molar-refractivity contribution in [1.82, 2.24) is 4.31 Å². The Kier molecular flexibility index (Phi) is 4.56. The molecule has 0 N–H and O–H groups in total. The number of ether oxygens (including phenoxy) is 1. The van der Waals surface area contributed by atoms with Crippen LogP contribution in [0.5, 0.6) is 5.75 Å². The lowest BCUT2D eigenvalue weighted by atomic mass is 9.99. The predicted octanol–water partition coefficient (Wildman–Crippen LogP) is 2.75. The molecule has 1 aliphatic rings. The van der Waals surface area contributed by atoms with Crippen LogP contribution >= 0.6 is 0 Å². The molecule has 1 saturated heterocycles. The fourth-order valence-corrected chi connectivity index (χ4v) is 4.45. The average Bonchev–Trinajstić information content (AvgIpc) is 3.13. The summed E-state index contributed by atoms with van der Waals surface area (Å²) in [6.45, 7) is 0.966. The third-order valence-corrected chi connectivity index (χ3v) is 6.24. The summed E-state index contributed by atoms with van der Waals surface area (Å²) < 4.78 is 32.1. The molecule has 0 bridgehead atoms. The number of nitriles is 1. The normalized spacial score (nSPS) is 18.2. The molecule has 0 spiro atoms. The van der Waals surface area contributed by atoms with E-state index in [-0.39, 0.29) is 10.8 Å². The zero-order valence-electron chi connectivity index (χ0n) is 13.3. The smallest absolute Gasteiger partial charge is 0.243 e. The molecule has 0 amide bonds. The van der Waals surface area contributed by atoms with Crippen molar-refractivity contribution in [3.05, 3.63) is 59.7 Å². The van der Waals surface area contributed by atoms with Gasteiger partial charge in [-0.05, 0) is 54.3 Å². The van der Waals surface area contributed by atoms with Crippen molar-refractivity contribution in [2.75, 3.05) is 20.2 Å². The summed E-state index contributed by atoms with van der Waals surface area (Å²) in [7, 11) is -1.90. The Morgan fingerprint density at radius 3 is 2.38 bits per heavy atom. The van der Waals surface area contributed by atoms with Gasteiger partial charge in [-0.15, -0.1) is 0 Å². The quantitative estimate of drug-likeness (QED) is 0.856. The summed E-state index contributed by atoms with van der Waals surface area (Å²) in [5.74, 6) is 0.975. The van der Waals surface area contributed by atoms with Crippen LogP contribution in [0.15, 0.2) is 53.4 Å². The fraction of sp³-hybridized carbons (Fsp3) is 0.278. The minimum atomic E-state index is -3.52. The van der Waals surface area contributed by atoms with E-state index in [9.17, 15) is 8.42 Å². The number of nitrogens with zero attached hydrogens (tertiary/aromatic N) is 2. The molecule has 5 nitrogen and oxygen atoms in total. The molecular formula is C18H18N2O3S. The summed E-state index contributed by atoms with van der Waals surface area (Å²) in [5.41, 5.74) is 1.57. The zero-order chi connectivity index (χ0) is 17.2. The second-order valence-corrected chi connectivity index (χ2v) is 7.70. The SMILES string of the molecule is COc1ccc([C@@H]2CCN(S(=O)(=O)c3ccc(C#N)cc3)C2)cc1. The summed E-state index contributed by atoms with van der Waals surface area (Å²) in [5, 5.41) is 8.82. The molecule has 2 aromatic carbocycles. The van der Waals surface area contributed by atoms with Gasteiger partial charge in [-0.2, -0.15) is 9.57 Å². The molecule has 3 rings (SSSR count). The van der Waals surface area contributed by atoms with Crippen LogP contribution in [-0.2, 0) is 10.0 Å². The van der Waals surface area contributed by atoms with E-state index in [0.29, 0.717) is 18.7 Å². The molecule has 1 fully saturated rings. The van der Waals surface area contributed by atoms with Crippen LogP contribution in [-0.4, -0.2) is 32.9 Å².